The molecule has 79 heavy (non-hydrogen) atoms. The standard InChI is InChI=1S/C49H91N15O15/c1-24(2)10-8-9-11-36(69)55-29(12-17-50)42(72)61-38(27(6)67)47(77)60-34(23-65)48(78)64-35(16-21-54)45(75)57-30(13-18-51)41(71)59-33(22-25(3)4)44(74)62-37(26(5)66)46(76)58-31(14-19-52)40(70)56-32(15-20-53)43(73)63-39(28(7)68)49(64)79/h24-35,37-39,65-68H,8-23,50-54H2,1-7H3,(H,55,69)(H,56,70)(H,57,75)(H,58,76)(H,59,71)(H,60,77)(H,61,72)(H,62,74)(H,63,73). The highest BCUT2D eigenvalue weighted by Gasteiger charge is 2.45. The van der Waals surface area contributed by atoms with Crippen molar-refractivity contribution in [2.24, 2.45) is 40.5 Å². The molecule has 0 aliphatic carbocycles. The lowest BCUT2D eigenvalue weighted by molar-refractivity contribution is -0.158. The second-order valence-electron chi connectivity index (χ2n) is 20.5. The van der Waals surface area contributed by atoms with E-state index >= 15 is 4.79 Å². The fourth-order valence-corrected chi connectivity index (χ4v) is 8.30. The Balaban J connectivity index is 4.13. The second kappa shape index (κ2) is 36.3. The first-order chi connectivity index (χ1) is 37.1. The number of imide groups is 1. The van der Waals surface area contributed by atoms with Crippen molar-refractivity contribution >= 4 is 65.0 Å². The molecule has 0 aromatic heterocycles. The Morgan fingerprint density at radius 1 is 0.519 bits per heavy atom. The molecule has 30 nitrogen and oxygen atoms in total. The van der Waals surface area contributed by atoms with Crippen LogP contribution in [-0.4, -0.2) is 208 Å². The van der Waals surface area contributed by atoms with Crippen molar-refractivity contribution in [3.05, 3.63) is 0 Å². The fraction of sp³-hybridized carbons (Fsp3) is 0.776. The van der Waals surface area contributed by atoms with Crippen molar-refractivity contribution < 1.29 is 73.2 Å². The Bertz CT molecular complexity index is 2030. The number of carbonyl (C=O) groups is 11. The van der Waals surface area contributed by atoms with Crippen molar-refractivity contribution in [3.8, 4) is 0 Å². The molecule has 1 saturated heterocycles. The summed E-state index contributed by atoms with van der Waals surface area (Å²) in [6.45, 7) is 7.99. The highest BCUT2D eigenvalue weighted by atomic mass is 16.3. The van der Waals surface area contributed by atoms with Gasteiger partial charge in [0.15, 0.2) is 0 Å². The molecule has 23 N–H and O–H groups in total. The predicted octanol–water partition coefficient (Wildman–Crippen LogP) is -7.77. The monoisotopic (exact) mass is 1130 g/mol. The summed E-state index contributed by atoms with van der Waals surface area (Å²) in [4.78, 5) is 155. The van der Waals surface area contributed by atoms with E-state index in [0.29, 0.717) is 12.3 Å². The maximum Gasteiger partial charge on any atom is 0.255 e. The number of hydrogen-bond donors (Lipinski definition) is 18. The smallest absolute Gasteiger partial charge is 0.255 e. The van der Waals surface area contributed by atoms with Crippen molar-refractivity contribution in [1.29, 1.82) is 0 Å². The van der Waals surface area contributed by atoms with Crippen LogP contribution < -0.4 is 76.5 Å². The van der Waals surface area contributed by atoms with E-state index < -0.39 is 163 Å². The molecule has 0 saturated carbocycles. The fourth-order valence-electron chi connectivity index (χ4n) is 8.30. The topological polar surface area (TPSA) is 510 Å². The van der Waals surface area contributed by atoms with E-state index in [2.05, 4.69) is 47.9 Å². The summed E-state index contributed by atoms with van der Waals surface area (Å²) in [5, 5.41) is 64.8. The first kappa shape index (κ1) is 71.0. The van der Waals surface area contributed by atoms with Crippen LogP contribution in [-0.2, 0) is 52.7 Å². The van der Waals surface area contributed by atoms with Crippen LogP contribution in [0, 0.1) is 11.8 Å². The third-order valence-electron chi connectivity index (χ3n) is 12.6. The summed E-state index contributed by atoms with van der Waals surface area (Å²) < 4.78 is 0. The van der Waals surface area contributed by atoms with Gasteiger partial charge in [-0.15, -0.1) is 0 Å². The molecule has 13 unspecified atom stereocenters. The molecule has 11 amide bonds. The number of rotatable bonds is 27. The van der Waals surface area contributed by atoms with E-state index in [4.69, 9.17) is 28.7 Å². The SMILES string of the molecule is CC(C)CCCCC(=O)NC(CCN)C(=O)NC(C(=O)NC(CO)C(=O)N1C(=O)C(C(C)O)NC(=O)C(CCN)NC(=O)C(CCN)NC(=O)C(C(C)O)NC(=O)C(CC(C)C)NC(=O)C(CCN)NC(=O)C1CCN)C(C)O. The van der Waals surface area contributed by atoms with Gasteiger partial charge < -0.3 is 96.9 Å². The Hall–Kier alpha value is -5.99. The summed E-state index contributed by atoms with van der Waals surface area (Å²) in [6, 6.07) is -17.8. The lowest BCUT2D eigenvalue weighted by Gasteiger charge is -2.36. The molecule has 1 heterocycles. The van der Waals surface area contributed by atoms with E-state index in [9.17, 15) is 68.4 Å². The molecule has 0 spiro atoms. The molecule has 0 aromatic rings. The van der Waals surface area contributed by atoms with E-state index in [-0.39, 0.29) is 75.5 Å². The molecule has 452 valence electrons. The number of nitrogens with one attached hydrogen (secondary N) is 9. The summed E-state index contributed by atoms with van der Waals surface area (Å²) in [7, 11) is 0. The molecule has 0 aromatic carbocycles. The van der Waals surface area contributed by atoms with Crippen LogP contribution in [0.4, 0.5) is 0 Å². The van der Waals surface area contributed by atoms with Gasteiger partial charge in [0.05, 0.1) is 24.9 Å². The second-order valence-corrected chi connectivity index (χ2v) is 20.5. The van der Waals surface area contributed by atoms with Crippen LogP contribution in [0.1, 0.15) is 113 Å². The highest BCUT2D eigenvalue weighted by molar-refractivity contribution is 6.07. The quantitative estimate of drug-likeness (QED) is 0.0340. The number of carbonyl (C=O) groups excluding carboxylic acids is 11. The van der Waals surface area contributed by atoms with Crippen LogP contribution in [0.25, 0.3) is 0 Å². The van der Waals surface area contributed by atoms with Crippen LogP contribution in [0.5, 0.6) is 0 Å². The van der Waals surface area contributed by atoms with E-state index in [1.807, 2.05) is 13.8 Å². The minimum Gasteiger partial charge on any atom is -0.394 e. The van der Waals surface area contributed by atoms with Crippen LogP contribution in [0.2, 0.25) is 0 Å². The Labute approximate surface area is 461 Å². The van der Waals surface area contributed by atoms with Gasteiger partial charge in [-0.05, 0) is 110 Å². The minimum absolute atomic E-state index is 0.0747. The largest absolute Gasteiger partial charge is 0.394 e. The van der Waals surface area contributed by atoms with Gasteiger partial charge in [-0.2, -0.15) is 0 Å². The van der Waals surface area contributed by atoms with Crippen molar-refractivity contribution in [1.82, 2.24) is 52.8 Å². The molecule has 30 heteroatoms. The van der Waals surface area contributed by atoms with Gasteiger partial charge in [-0.1, -0.05) is 40.5 Å². The van der Waals surface area contributed by atoms with Gasteiger partial charge in [0.1, 0.15) is 60.4 Å². The van der Waals surface area contributed by atoms with Crippen molar-refractivity contribution in [2.75, 3.05) is 39.3 Å². The maximum atomic E-state index is 15.0. The number of hydrogen-bond acceptors (Lipinski definition) is 20. The Kier molecular flexibility index (Phi) is 32.6. The minimum atomic E-state index is -2.24. The molecule has 1 aliphatic rings. The first-order valence-electron chi connectivity index (χ1n) is 26.9. The zero-order chi connectivity index (χ0) is 60.3. The summed E-state index contributed by atoms with van der Waals surface area (Å²) in [6.07, 6.45) is -4.87. The van der Waals surface area contributed by atoms with Gasteiger partial charge in [0.25, 0.3) is 11.8 Å². The van der Waals surface area contributed by atoms with E-state index in [1.165, 1.54) is 6.92 Å². The number of nitrogens with zero attached hydrogens (tertiary/aromatic N) is 1. The summed E-state index contributed by atoms with van der Waals surface area (Å²) >= 11 is 0. The first-order valence-corrected chi connectivity index (χ1v) is 26.9. The molecular formula is C49H91N15O15. The number of aliphatic hydroxyl groups is 4. The third-order valence-corrected chi connectivity index (χ3v) is 12.6. The molecule has 0 bridgehead atoms. The van der Waals surface area contributed by atoms with Crippen LogP contribution in [0.3, 0.4) is 0 Å². The molecule has 0 radical (unpaired) electrons. The summed E-state index contributed by atoms with van der Waals surface area (Å²) in [5.74, 6) is -12.5. The van der Waals surface area contributed by atoms with Gasteiger partial charge in [0.2, 0.25) is 53.2 Å². The third kappa shape index (κ3) is 23.7. The summed E-state index contributed by atoms with van der Waals surface area (Å²) in [5.41, 5.74) is 29.2. The normalized spacial score (nSPS) is 23.7. The highest BCUT2D eigenvalue weighted by Crippen LogP contribution is 2.16. The van der Waals surface area contributed by atoms with Gasteiger partial charge in [0, 0.05) is 6.42 Å². The van der Waals surface area contributed by atoms with Gasteiger partial charge in [-0.3, -0.25) is 57.6 Å². The number of amides is 11. The maximum absolute atomic E-state index is 15.0. The number of aliphatic hydroxyl groups excluding tert-OH is 4. The molecule has 1 aliphatic heterocycles. The zero-order valence-electron chi connectivity index (χ0n) is 46.6. The lowest BCUT2D eigenvalue weighted by Crippen LogP contribution is -2.67. The average molecular weight is 1130 g/mol. The van der Waals surface area contributed by atoms with E-state index in [0.717, 1.165) is 26.7 Å². The van der Waals surface area contributed by atoms with Crippen molar-refractivity contribution in [2.45, 2.75) is 191 Å². The van der Waals surface area contributed by atoms with Crippen molar-refractivity contribution in [3.63, 3.8) is 0 Å². The Morgan fingerprint density at radius 3 is 1.44 bits per heavy atom. The van der Waals surface area contributed by atoms with Gasteiger partial charge >= 0.3 is 0 Å². The zero-order valence-corrected chi connectivity index (χ0v) is 46.6. The molecule has 1 fully saturated rings. The Morgan fingerprint density at radius 2 is 0.987 bits per heavy atom. The number of unbranched alkanes of at least 4 members (excludes halogenated alkanes) is 1. The predicted molar refractivity (Wildman–Crippen MR) is 286 cm³/mol. The van der Waals surface area contributed by atoms with Gasteiger partial charge in [-0.25, -0.2) is 0 Å². The van der Waals surface area contributed by atoms with Crippen LogP contribution >= 0.6 is 0 Å². The molecule has 1 rings (SSSR count). The average Bonchev–Trinajstić information content (AvgIpc) is 3.36. The number of nitrogens with two attached hydrogens (primary N) is 5. The van der Waals surface area contributed by atoms with Crippen LogP contribution in [0.15, 0.2) is 0 Å². The molecule has 13 atom stereocenters. The van der Waals surface area contributed by atoms with E-state index in [1.54, 1.807) is 13.8 Å². The lowest BCUT2D eigenvalue weighted by atomic mass is 10.0. The molecular weight excluding hydrogens is 1040 g/mol.